The van der Waals surface area contributed by atoms with Crippen LogP contribution >= 0.6 is 0 Å². The van der Waals surface area contributed by atoms with Crippen LogP contribution in [0.5, 0.6) is 0 Å². The summed E-state index contributed by atoms with van der Waals surface area (Å²) in [6.45, 7) is 0. The van der Waals surface area contributed by atoms with Crippen molar-refractivity contribution in [1.82, 2.24) is 30.8 Å². The molecule has 18 heavy (non-hydrogen) atoms. The van der Waals surface area contributed by atoms with E-state index in [1.54, 1.807) is 6.07 Å². The maximum atomic E-state index is 13.4. The molecule has 1 amide bonds. The summed E-state index contributed by atoms with van der Waals surface area (Å²) >= 11 is 0. The van der Waals surface area contributed by atoms with Gasteiger partial charge in [-0.2, -0.15) is 10.3 Å². The van der Waals surface area contributed by atoms with Crippen LogP contribution in [0.15, 0.2) is 18.2 Å². The summed E-state index contributed by atoms with van der Waals surface area (Å²) in [5, 5.41) is 21.6. The molecular formula is C9H6FN7O. The van der Waals surface area contributed by atoms with Crippen molar-refractivity contribution in [1.29, 1.82) is 0 Å². The number of benzene rings is 1. The van der Waals surface area contributed by atoms with Gasteiger partial charge in [0.2, 0.25) is 0 Å². The molecular weight excluding hydrogens is 241 g/mol. The van der Waals surface area contributed by atoms with Crippen molar-refractivity contribution in [3.8, 4) is 0 Å². The molecule has 0 bridgehead atoms. The van der Waals surface area contributed by atoms with Crippen LogP contribution in [0, 0.1) is 5.82 Å². The number of halogens is 1. The number of hydrogen-bond acceptors (Lipinski definition) is 5. The Balaban J connectivity index is 1.99. The van der Waals surface area contributed by atoms with Gasteiger partial charge in [-0.15, -0.1) is 5.10 Å². The minimum Gasteiger partial charge on any atom is -0.286 e. The molecule has 0 fully saturated rings. The third-order valence-corrected chi connectivity index (χ3v) is 2.33. The number of carbonyl (C=O) groups excluding carboxylic acids is 1. The summed E-state index contributed by atoms with van der Waals surface area (Å²) in [5.74, 6) is -1.00. The van der Waals surface area contributed by atoms with E-state index < -0.39 is 11.7 Å². The van der Waals surface area contributed by atoms with Gasteiger partial charge in [-0.3, -0.25) is 15.2 Å². The highest BCUT2D eigenvalue weighted by molar-refractivity contribution is 6.10. The Labute approximate surface area is 98.6 Å². The van der Waals surface area contributed by atoms with E-state index in [9.17, 15) is 9.18 Å². The maximum absolute atomic E-state index is 13.4. The number of nitrogens with zero attached hydrogens (tertiary/aromatic N) is 4. The number of H-pyrrole nitrogens is 2. The van der Waals surface area contributed by atoms with E-state index in [1.165, 1.54) is 12.1 Å². The van der Waals surface area contributed by atoms with Crippen LogP contribution < -0.4 is 5.32 Å². The molecule has 3 N–H and O–H groups in total. The van der Waals surface area contributed by atoms with Crippen molar-refractivity contribution in [2.45, 2.75) is 0 Å². The lowest BCUT2D eigenvalue weighted by atomic mass is 10.2. The average molecular weight is 247 g/mol. The molecule has 0 unspecified atom stereocenters. The summed E-state index contributed by atoms with van der Waals surface area (Å²) in [5.41, 5.74) is 0.241. The van der Waals surface area contributed by atoms with Gasteiger partial charge in [-0.05, 0) is 11.3 Å². The normalized spacial score (nSPS) is 10.7. The second-order valence-corrected chi connectivity index (χ2v) is 3.42. The summed E-state index contributed by atoms with van der Waals surface area (Å²) in [7, 11) is 0. The highest BCUT2D eigenvalue weighted by atomic mass is 19.1. The van der Waals surface area contributed by atoms with Crippen molar-refractivity contribution in [3.63, 3.8) is 0 Å². The first kappa shape index (κ1) is 10.3. The third kappa shape index (κ3) is 1.57. The zero-order chi connectivity index (χ0) is 12.5. The maximum Gasteiger partial charge on any atom is 0.279 e. The van der Waals surface area contributed by atoms with E-state index in [0.29, 0.717) is 5.39 Å². The van der Waals surface area contributed by atoms with E-state index >= 15 is 0 Å². The first-order chi connectivity index (χ1) is 8.75. The van der Waals surface area contributed by atoms with Gasteiger partial charge in [0.1, 0.15) is 11.3 Å². The zero-order valence-corrected chi connectivity index (χ0v) is 8.81. The number of aromatic amines is 2. The van der Waals surface area contributed by atoms with Crippen LogP contribution in [0.4, 0.5) is 10.3 Å². The van der Waals surface area contributed by atoms with E-state index in [-0.39, 0.29) is 17.2 Å². The molecule has 0 spiro atoms. The van der Waals surface area contributed by atoms with Gasteiger partial charge in [0.15, 0.2) is 5.69 Å². The van der Waals surface area contributed by atoms with Crippen LogP contribution in [-0.2, 0) is 0 Å². The molecule has 0 saturated heterocycles. The molecule has 2 heterocycles. The van der Waals surface area contributed by atoms with E-state index in [0.717, 1.165) is 0 Å². The molecule has 0 radical (unpaired) electrons. The first-order valence-corrected chi connectivity index (χ1v) is 4.93. The number of hydrogen-bond donors (Lipinski definition) is 3. The van der Waals surface area contributed by atoms with E-state index in [1.807, 2.05) is 0 Å². The second-order valence-electron chi connectivity index (χ2n) is 3.42. The monoisotopic (exact) mass is 247 g/mol. The van der Waals surface area contributed by atoms with Gasteiger partial charge < -0.3 is 0 Å². The standard InChI is InChI=1S/C9H6FN7O/c10-5-3-1-2-4-6(5)12-13-7(4)8(18)11-9-14-16-17-15-9/h1-3H,(H,12,13)(H2,11,14,15,16,17,18). The van der Waals surface area contributed by atoms with Crippen LogP contribution in [0.1, 0.15) is 10.5 Å². The number of para-hydroxylation sites is 1. The third-order valence-electron chi connectivity index (χ3n) is 2.33. The minimum absolute atomic E-state index is 0.0209. The average Bonchev–Trinajstić information content (AvgIpc) is 2.98. The first-order valence-electron chi connectivity index (χ1n) is 4.93. The van der Waals surface area contributed by atoms with Crippen molar-refractivity contribution in [2.24, 2.45) is 0 Å². The SMILES string of the molecule is O=C(Nc1nn[nH]n1)c1n[nH]c2c(F)cccc12. The predicted molar refractivity (Wildman–Crippen MR) is 58.2 cm³/mol. The number of tetrazole rings is 1. The fourth-order valence-corrected chi connectivity index (χ4v) is 1.56. The topological polar surface area (TPSA) is 112 Å². The van der Waals surface area contributed by atoms with Gasteiger partial charge in [-0.1, -0.05) is 17.2 Å². The van der Waals surface area contributed by atoms with Gasteiger partial charge in [0, 0.05) is 5.39 Å². The molecule has 8 nitrogen and oxygen atoms in total. The molecule has 0 aliphatic heterocycles. The number of anilines is 1. The van der Waals surface area contributed by atoms with E-state index in [2.05, 4.69) is 36.1 Å². The van der Waals surface area contributed by atoms with Gasteiger partial charge in [0.05, 0.1) is 0 Å². The summed E-state index contributed by atoms with van der Waals surface area (Å²) in [6, 6.07) is 4.37. The van der Waals surface area contributed by atoms with Crippen molar-refractivity contribution in [2.75, 3.05) is 5.32 Å². The molecule has 1 aromatic carbocycles. The summed E-state index contributed by atoms with van der Waals surface area (Å²) in [6.07, 6.45) is 0. The Morgan fingerprint density at radius 2 is 2.22 bits per heavy atom. The number of nitrogens with one attached hydrogen (secondary N) is 3. The highest BCUT2D eigenvalue weighted by Crippen LogP contribution is 2.18. The number of fused-ring (bicyclic) bond motifs is 1. The Morgan fingerprint density at radius 1 is 1.33 bits per heavy atom. The quantitative estimate of drug-likeness (QED) is 0.609. The lowest BCUT2D eigenvalue weighted by Crippen LogP contribution is -2.13. The van der Waals surface area contributed by atoms with Gasteiger partial charge in [-0.25, -0.2) is 4.39 Å². The van der Waals surface area contributed by atoms with Crippen molar-refractivity contribution in [3.05, 3.63) is 29.7 Å². The number of amides is 1. The summed E-state index contributed by atoms with van der Waals surface area (Å²) in [4.78, 5) is 11.9. The van der Waals surface area contributed by atoms with Gasteiger partial charge in [0.25, 0.3) is 11.9 Å². The lowest BCUT2D eigenvalue weighted by molar-refractivity contribution is 0.102. The predicted octanol–water partition coefficient (Wildman–Crippen LogP) is 0.467. The Bertz CT molecular complexity index is 705. The Morgan fingerprint density at radius 3 is 3.00 bits per heavy atom. The zero-order valence-electron chi connectivity index (χ0n) is 8.81. The summed E-state index contributed by atoms with van der Waals surface area (Å²) < 4.78 is 13.4. The highest BCUT2D eigenvalue weighted by Gasteiger charge is 2.17. The molecule has 0 aliphatic carbocycles. The molecule has 3 rings (SSSR count). The fraction of sp³-hybridized carbons (Fsp3) is 0. The molecule has 0 saturated carbocycles. The van der Waals surface area contributed by atoms with Crippen LogP contribution in [0.2, 0.25) is 0 Å². The van der Waals surface area contributed by atoms with Crippen molar-refractivity contribution < 1.29 is 9.18 Å². The molecule has 3 aromatic rings. The molecule has 2 aromatic heterocycles. The number of rotatable bonds is 2. The molecule has 90 valence electrons. The van der Waals surface area contributed by atoms with E-state index in [4.69, 9.17) is 0 Å². The van der Waals surface area contributed by atoms with Crippen LogP contribution in [0.25, 0.3) is 10.9 Å². The fourth-order valence-electron chi connectivity index (χ4n) is 1.56. The van der Waals surface area contributed by atoms with Crippen LogP contribution in [0.3, 0.4) is 0 Å². The molecule has 9 heteroatoms. The number of carbonyl (C=O) groups is 1. The van der Waals surface area contributed by atoms with Gasteiger partial charge >= 0.3 is 0 Å². The number of aromatic nitrogens is 6. The lowest BCUT2D eigenvalue weighted by Gasteiger charge is -1.96. The molecule has 0 aliphatic rings. The minimum atomic E-state index is -0.548. The second kappa shape index (κ2) is 3.87. The van der Waals surface area contributed by atoms with Crippen LogP contribution in [-0.4, -0.2) is 36.7 Å². The Kier molecular flexibility index (Phi) is 2.22. The largest absolute Gasteiger partial charge is 0.286 e. The Hall–Kier alpha value is -2.84. The molecule has 0 atom stereocenters. The smallest absolute Gasteiger partial charge is 0.279 e. The van der Waals surface area contributed by atoms with Crippen molar-refractivity contribution >= 4 is 22.8 Å².